The maximum Gasteiger partial charge on any atom is 0.474 e. The van der Waals surface area contributed by atoms with Crippen LogP contribution in [0.15, 0.2) is 0 Å². The van der Waals surface area contributed by atoms with Crippen molar-refractivity contribution in [1.29, 1.82) is 0 Å². The number of amides is 3. The molecule has 27 heteroatoms. The van der Waals surface area contributed by atoms with Gasteiger partial charge >= 0.3 is 25.9 Å². The number of phosphoric ester groups is 1. The van der Waals surface area contributed by atoms with Crippen molar-refractivity contribution in [1.82, 2.24) is 10.6 Å². The predicted octanol–water partition coefficient (Wildman–Crippen LogP) is 3.21. The summed E-state index contributed by atoms with van der Waals surface area (Å²) in [4.78, 5) is 72.9. The van der Waals surface area contributed by atoms with E-state index in [1.807, 2.05) is 6.92 Å². The molecule has 0 aromatic carbocycles. The van der Waals surface area contributed by atoms with Crippen LogP contribution >= 0.6 is 7.82 Å². The number of aliphatic hydroxyl groups is 5. The van der Waals surface area contributed by atoms with E-state index in [0.29, 0.717) is 12.3 Å². The highest BCUT2D eigenvalue weighted by atomic mass is 31.2. The molecule has 3 aliphatic rings. The van der Waals surface area contributed by atoms with Crippen molar-refractivity contribution in [3.8, 4) is 0 Å². The first-order valence-corrected chi connectivity index (χ1v) is 29.1. The quantitative estimate of drug-likeness (QED) is 0.0325. The Labute approximate surface area is 464 Å². The molecule has 3 aliphatic heterocycles. The van der Waals surface area contributed by atoms with Gasteiger partial charge in [-0.25, -0.2) is 18.9 Å². The van der Waals surface area contributed by atoms with Crippen molar-refractivity contribution < 1.29 is 111 Å². The van der Waals surface area contributed by atoms with Gasteiger partial charge in [-0.15, -0.1) is 0 Å². The number of hydrogen-bond acceptors (Lipinski definition) is 20. The highest BCUT2D eigenvalue weighted by Gasteiger charge is 2.62. The SMILES string of the molecule is CC(=O)N[C@H]1[C@H](O[C@H]2[C@@H](OP(=O)(O)OC[C@H](OCCC(C)CCCCC(C)(C)CCC(C)CCC(C)CCCC(C)C)C(=O)O)O[C@H](C(=O)O)[C@@](C)(O)[C@@H]2OC(N)=O)O[C@H](CO)[C@@H](O[C@@H]2O[C@H](C)[C@@H](O)[C@H](O)[C@H]2NC(C)=O)[C@@H]1O. The first-order valence-electron chi connectivity index (χ1n) is 27.6. The van der Waals surface area contributed by atoms with Crippen LogP contribution < -0.4 is 16.4 Å². The maximum absolute atomic E-state index is 13.7. The highest BCUT2D eigenvalue weighted by molar-refractivity contribution is 7.47. The molecule has 4 unspecified atom stereocenters. The fourth-order valence-corrected chi connectivity index (χ4v) is 10.9. The highest BCUT2D eigenvalue weighted by Crippen LogP contribution is 2.49. The van der Waals surface area contributed by atoms with Gasteiger partial charge < -0.3 is 90.2 Å². The Balaban J connectivity index is 1.71. The number of aliphatic hydroxyl groups excluding tert-OH is 4. The van der Waals surface area contributed by atoms with Gasteiger partial charge in [-0.3, -0.25) is 18.6 Å². The molecule has 0 radical (unpaired) electrons. The van der Waals surface area contributed by atoms with E-state index >= 15 is 0 Å². The zero-order chi connectivity index (χ0) is 59.7. The number of ether oxygens (including phenoxy) is 7. The summed E-state index contributed by atoms with van der Waals surface area (Å²) in [7, 11) is -5.64. The average Bonchev–Trinajstić information content (AvgIpc) is 3.35. The fourth-order valence-electron chi connectivity index (χ4n) is 10.1. The molecule has 0 aliphatic carbocycles. The largest absolute Gasteiger partial charge is 0.479 e. The number of hydrogen-bond donors (Lipinski definition) is 11. The lowest BCUT2D eigenvalue weighted by molar-refractivity contribution is -0.365. The van der Waals surface area contributed by atoms with Crippen molar-refractivity contribution in [3.63, 3.8) is 0 Å². The second-order valence-electron chi connectivity index (χ2n) is 23.4. The molecule has 3 amide bonds. The number of aliphatic carboxylic acids is 2. The fraction of sp³-hybridized carbons (Fsp3) is 0.904. The number of nitrogens with two attached hydrogens (primary N) is 1. The smallest absolute Gasteiger partial charge is 0.474 e. The van der Waals surface area contributed by atoms with Crippen LogP contribution in [-0.4, -0.2) is 188 Å². The minimum absolute atomic E-state index is 0.0713. The molecular weight excluding hydrogens is 1070 g/mol. The predicted molar refractivity (Wildman–Crippen MR) is 280 cm³/mol. The number of carboxylic acid groups (broad SMARTS) is 2. The van der Waals surface area contributed by atoms with Gasteiger partial charge in [-0.2, -0.15) is 0 Å². The Kier molecular flexibility index (Phi) is 28.4. The summed E-state index contributed by atoms with van der Waals surface area (Å²) in [6.07, 6.45) is -13.6. The van der Waals surface area contributed by atoms with Crippen LogP contribution in [-0.2, 0) is 65.9 Å². The van der Waals surface area contributed by atoms with Crippen LogP contribution in [0.5, 0.6) is 0 Å². The first kappa shape index (κ1) is 70.1. The van der Waals surface area contributed by atoms with Crippen LogP contribution in [0.3, 0.4) is 0 Å². The molecule has 79 heavy (non-hydrogen) atoms. The zero-order valence-corrected chi connectivity index (χ0v) is 48.7. The molecule has 3 rings (SSSR count). The van der Waals surface area contributed by atoms with E-state index < -0.39 is 148 Å². The van der Waals surface area contributed by atoms with Gasteiger partial charge in [0.15, 0.2) is 43.3 Å². The number of carbonyl (C=O) groups is 5. The number of unbranched alkanes of at least 4 members (excludes halogenated alkanes) is 1. The molecule has 0 saturated carbocycles. The van der Waals surface area contributed by atoms with Gasteiger partial charge in [0.05, 0.1) is 19.3 Å². The minimum atomic E-state index is -5.64. The van der Waals surface area contributed by atoms with Crippen molar-refractivity contribution in [3.05, 3.63) is 0 Å². The number of carboxylic acids is 2. The number of phosphoric acid groups is 1. The summed E-state index contributed by atoms with van der Waals surface area (Å²) >= 11 is 0. The van der Waals surface area contributed by atoms with Gasteiger partial charge in [0, 0.05) is 20.5 Å². The van der Waals surface area contributed by atoms with E-state index in [9.17, 15) is 69.2 Å². The monoisotopic (exact) mass is 1160 g/mol. The van der Waals surface area contributed by atoms with E-state index in [0.717, 1.165) is 64.7 Å². The minimum Gasteiger partial charge on any atom is -0.479 e. The molecule has 3 saturated heterocycles. The normalized spacial score (nSPS) is 32.7. The Morgan fingerprint density at radius 2 is 1.29 bits per heavy atom. The first-order chi connectivity index (χ1) is 36.7. The lowest BCUT2D eigenvalue weighted by atomic mass is 9.79. The van der Waals surface area contributed by atoms with Crippen LogP contribution in [0, 0.1) is 29.1 Å². The second-order valence-corrected chi connectivity index (χ2v) is 24.8. The third-order valence-electron chi connectivity index (χ3n) is 15.0. The molecule has 0 aromatic rings. The van der Waals surface area contributed by atoms with Crippen LogP contribution in [0.25, 0.3) is 0 Å². The van der Waals surface area contributed by atoms with Gasteiger partial charge in [-0.1, -0.05) is 106 Å². The van der Waals surface area contributed by atoms with Gasteiger partial charge in [0.2, 0.25) is 11.8 Å². The Bertz CT molecular complexity index is 1970. The molecule has 0 spiro atoms. The van der Waals surface area contributed by atoms with Gasteiger partial charge in [0.1, 0.15) is 48.2 Å². The number of carbonyl (C=O) groups excluding carboxylic acids is 3. The molecule has 12 N–H and O–H groups in total. The topological polar surface area (TPSA) is 397 Å². The second kappa shape index (κ2) is 32.0. The number of nitrogens with one attached hydrogen (secondary N) is 2. The van der Waals surface area contributed by atoms with Crippen molar-refractivity contribution >= 4 is 37.7 Å². The maximum atomic E-state index is 13.7. The number of primary amides is 1. The Morgan fingerprint density at radius 1 is 0.734 bits per heavy atom. The van der Waals surface area contributed by atoms with E-state index in [1.165, 1.54) is 45.4 Å². The van der Waals surface area contributed by atoms with Crippen molar-refractivity contribution in [2.24, 2.45) is 34.8 Å². The summed E-state index contributed by atoms with van der Waals surface area (Å²) in [6.45, 7) is 18.0. The van der Waals surface area contributed by atoms with Gasteiger partial charge in [-0.05, 0) is 62.2 Å². The molecule has 460 valence electrons. The van der Waals surface area contributed by atoms with E-state index in [2.05, 4.69) is 52.2 Å². The van der Waals surface area contributed by atoms with E-state index in [1.54, 1.807) is 0 Å². The van der Waals surface area contributed by atoms with Crippen LogP contribution in [0.1, 0.15) is 153 Å². The summed E-state index contributed by atoms with van der Waals surface area (Å²) in [5, 5.41) is 80.1. The van der Waals surface area contributed by atoms with E-state index in [4.69, 9.17) is 47.9 Å². The summed E-state index contributed by atoms with van der Waals surface area (Å²) in [5.41, 5.74) is 2.68. The third-order valence-corrected chi connectivity index (χ3v) is 16.0. The molecule has 0 aromatic heterocycles. The third kappa shape index (κ3) is 22.5. The summed E-state index contributed by atoms with van der Waals surface area (Å²) in [5.74, 6) is -2.75. The van der Waals surface area contributed by atoms with Crippen LogP contribution in [0.2, 0.25) is 0 Å². The summed E-state index contributed by atoms with van der Waals surface area (Å²) in [6, 6.07) is -3.29. The van der Waals surface area contributed by atoms with Crippen molar-refractivity contribution in [2.45, 2.75) is 251 Å². The molecule has 0 bridgehead atoms. The average molecular weight is 1160 g/mol. The van der Waals surface area contributed by atoms with Gasteiger partial charge in [0.25, 0.3) is 0 Å². The Morgan fingerprint density at radius 3 is 1.85 bits per heavy atom. The lowest BCUT2D eigenvalue weighted by Gasteiger charge is -2.51. The molecule has 3 heterocycles. The van der Waals surface area contributed by atoms with E-state index in [-0.39, 0.29) is 17.9 Å². The lowest BCUT2D eigenvalue weighted by Crippen LogP contribution is -2.72. The number of rotatable bonds is 34. The van der Waals surface area contributed by atoms with Crippen LogP contribution in [0.4, 0.5) is 4.79 Å². The molecular formula is C52H94N3O23P. The molecule has 26 nitrogen and oxygen atoms in total. The molecule has 20 atom stereocenters. The zero-order valence-electron chi connectivity index (χ0n) is 47.8. The van der Waals surface area contributed by atoms with Crippen molar-refractivity contribution in [2.75, 3.05) is 19.8 Å². The Hall–Kier alpha value is -3.18. The molecule has 3 fully saturated rings. The summed E-state index contributed by atoms with van der Waals surface area (Å²) < 4.78 is 63.7. The standard InChI is InChI=1S/C52H94N3O23P/c1-27(2)15-14-17-28(3)18-19-30(5)20-23-51(9,10)22-13-12-16-29(4)21-24-70-35(45(62)63)26-71-79(68,69)78-49-42(43(77-50(53)66)52(11,67)44(76-49)46(64)65)75-48-37(55-33(8)58)40(61)41(34(25-56)73-48)74-47-36(54-32(7)57)39(60)38(59)31(6)72-47/h27-31,34-44,47-49,56,59-61,67H,12-26H2,1-11H3,(H2,53,66)(H,54,57)(H,55,58)(H,62,63)(H,64,65)(H,68,69)/t28?,29?,30?,31-,34-,35+,36-,37-,38-,39-,40-,41-,42-,43-,44-,47+,48+,49-,52+/m1/s1.